The van der Waals surface area contributed by atoms with Gasteiger partial charge in [-0.3, -0.25) is 6.58 Å². The fraction of sp³-hybridized carbons (Fsp3) is 0.697. The first-order chi connectivity index (χ1) is 44.0. The molecule has 0 aromatic carbocycles. The largest absolute Gasteiger partial charge is 2.00 e. The maximum atomic E-state index is 10.9. The Kier molecular flexibility index (Phi) is 33.1. The third-order valence-corrected chi connectivity index (χ3v) is 17.1. The van der Waals surface area contributed by atoms with Crippen molar-refractivity contribution in [2.45, 2.75) is 234 Å². The maximum absolute atomic E-state index is 10.9. The van der Waals surface area contributed by atoms with Crippen LogP contribution in [0.5, 0.6) is 0 Å². The van der Waals surface area contributed by atoms with Crippen LogP contribution in [0.1, 0.15) is 95.9 Å². The van der Waals surface area contributed by atoms with Gasteiger partial charge in [-0.2, -0.15) is 0 Å². The van der Waals surface area contributed by atoms with E-state index in [0.29, 0.717) is 24.5 Å². The van der Waals surface area contributed by atoms with E-state index in [2.05, 4.69) is 75.1 Å². The Morgan fingerprint density at radius 3 is 1.47 bits per heavy atom. The zero-order chi connectivity index (χ0) is 69.9. The van der Waals surface area contributed by atoms with Gasteiger partial charge in [0.15, 0.2) is 51.1 Å². The molecule has 8 heterocycles. The zero-order valence-corrected chi connectivity index (χ0v) is 62.4. The third kappa shape index (κ3) is 24.3. The molecule has 14 rings (SSSR count). The number of carbonyl (C=O) groups is 2. The number of epoxide rings is 1. The smallest absolute Gasteiger partial charge is 1.00 e. The average molecular weight is 1490 g/mol. The number of halogens is 4. The van der Waals surface area contributed by atoms with Gasteiger partial charge in [-0.1, -0.05) is 84.0 Å². The summed E-state index contributed by atoms with van der Waals surface area (Å²) in [5.74, 6) is -2.23. The summed E-state index contributed by atoms with van der Waals surface area (Å²) in [7, 11) is 2.49. The number of nitrogens with zero attached hydrogens (tertiary/aromatic N) is 2. The van der Waals surface area contributed by atoms with Gasteiger partial charge in [0.1, 0.15) is 54.9 Å². The van der Waals surface area contributed by atoms with Gasteiger partial charge in [0.25, 0.3) is 0 Å². The molecule has 13 aliphatic rings. The van der Waals surface area contributed by atoms with Crippen molar-refractivity contribution in [3.8, 4) is 0 Å². The Morgan fingerprint density at radius 1 is 0.583 bits per heavy atom. The van der Waals surface area contributed by atoms with E-state index in [1.54, 1.807) is 12.2 Å². The molecule has 7 N–H and O–H groups in total. The molecular formula is C66H98BrCl3MgN4O21. The molecule has 21 atom stereocenters. The number of fused-ring (bicyclic) bond motifs is 6. The Morgan fingerprint density at radius 2 is 0.990 bits per heavy atom. The van der Waals surface area contributed by atoms with E-state index in [0.717, 1.165) is 19.4 Å². The summed E-state index contributed by atoms with van der Waals surface area (Å²) in [6, 6.07) is 0. The van der Waals surface area contributed by atoms with Crippen molar-refractivity contribution in [3.63, 3.8) is 0 Å². The molecule has 1 aromatic rings. The minimum absolute atomic E-state index is 0. The molecule has 6 aliphatic carbocycles. The Labute approximate surface area is 606 Å². The molecule has 1 saturated carbocycles. The Balaban J connectivity index is 0.000000235. The number of hydrogen-bond donors (Lipinski definition) is 5. The maximum Gasteiger partial charge on any atom is 2.00 e. The Bertz CT molecular complexity index is 2780. The van der Waals surface area contributed by atoms with Crippen molar-refractivity contribution >= 4 is 69.4 Å². The third-order valence-electron chi connectivity index (χ3n) is 16.3. The predicted octanol–water partition coefficient (Wildman–Crippen LogP) is 4.89. The van der Waals surface area contributed by atoms with Crippen molar-refractivity contribution in [3.05, 3.63) is 109 Å². The van der Waals surface area contributed by atoms with Gasteiger partial charge in [-0.25, -0.2) is 19.6 Å². The first-order valence-corrected chi connectivity index (χ1v) is 32.4. The number of rotatable bonds is 7. The van der Waals surface area contributed by atoms with Gasteiger partial charge in [0, 0.05) is 60.8 Å². The van der Waals surface area contributed by atoms with Gasteiger partial charge in [-0.05, 0) is 102 Å². The molecule has 96 heavy (non-hydrogen) atoms. The number of aliphatic hydroxyl groups excluding tert-OH is 3. The van der Waals surface area contributed by atoms with Crippen molar-refractivity contribution in [1.29, 1.82) is 0 Å². The standard InChI is InChI=1S/C10H19NO3.C10H17NO3.C10H14O5.C10H14O3.C10H14O2.C8H12O3.C4H2Cl2N2.C2H3ClO2.C2H3.BrH.Mg/c2*1-10(2)13-8-4-3-6(7(12)5-11)9(8)14-10;1-10(2)14-7-5-4-6(8(7)15-10)13-9(11)12-3;1-10(2)12-7-4-3-6(8-5-11-8)9(7)13-10;1-4-7-5-6-8-9(7)12-10(2,3)11-8;1-8(2)10-6-4-3-5(9)7(6)11-8;5-3-4(6)8-2-1-7-3;1-5-2(3)4;1-2;;/h6-9,12H,3-5,11H2,1-2H3;3-4,6-9,12H,5,11H2,1-2H3;4-8H,1-3H3;3-4,6-9H,5H2,1-2H3;4-9H,1H2,2-3H3;3-7,9H,1-2H3;1-2H;1H3;1H,2H2;1H;/q;;;;;;;;-1;;+2/p-1/t2*6-,7?,8+,9-;6-,7+,8-;6-,7+,8?,9-;7-,8-,9+;5-,6+,7-;;;;;/m000010...../s1. The summed E-state index contributed by atoms with van der Waals surface area (Å²) in [4.78, 5) is 27.6. The zero-order valence-electron chi connectivity index (χ0n) is 57.1. The van der Waals surface area contributed by atoms with Gasteiger partial charge < -0.3 is 126 Å². The summed E-state index contributed by atoms with van der Waals surface area (Å²) in [5.41, 5.74) is 10.1. The van der Waals surface area contributed by atoms with Crippen LogP contribution in [-0.2, 0) is 75.8 Å². The van der Waals surface area contributed by atoms with Crippen LogP contribution in [0.3, 0.4) is 0 Å². The quantitative estimate of drug-likeness (QED) is 0.0606. The summed E-state index contributed by atoms with van der Waals surface area (Å²) >= 11 is 15.4. The van der Waals surface area contributed by atoms with Gasteiger partial charge in [0.05, 0.1) is 63.6 Å². The van der Waals surface area contributed by atoms with Crippen LogP contribution in [-0.4, -0.2) is 232 Å². The molecule has 30 heteroatoms. The molecular weight excluding hydrogens is 1400 g/mol. The number of aromatic nitrogens is 2. The van der Waals surface area contributed by atoms with E-state index in [9.17, 15) is 24.9 Å². The van der Waals surface area contributed by atoms with Crippen LogP contribution in [0.15, 0.2) is 92.4 Å². The summed E-state index contributed by atoms with van der Waals surface area (Å²) < 4.78 is 86.5. The second kappa shape index (κ2) is 37.0. The molecule has 25 nitrogen and oxygen atoms in total. The number of carbonyl (C=O) groups excluding carboxylic acids is 2. The van der Waals surface area contributed by atoms with Gasteiger partial charge >= 0.3 is 34.6 Å². The van der Waals surface area contributed by atoms with Gasteiger partial charge in [-0.15, -0.1) is 6.58 Å². The van der Waals surface area contributed by atoms with E-state index in [4.69, 9.17) is 101 Å². The van der Waals surface area contributed by atoms with Gasteiger partial charge in [0.2, 0.25) is 0 Å². The van der Waals surface area contributed by atoms with Crippen LogP contribution in [0.25, 0.3) is 0 Å². The van der Waals surface area contributed by atoms with Crippen molar-refractivity contribution in [2.24, 2.45) is 35.1 Å². The van der Waals surface area contributed by atoms with Crippen LogP contribution >= 0.6 is 34.8 Å². The van der Waals surface area contributed by atoms with Crippen LogP contribution in [0.4, 0.5) is 9.59 Å². The second-order valence-corrected chi connectivity index (χ2v) is 27.2. The second-order valence-electron chi connectivity index (χ2n) is 26.2. The number of methoxy groups -OCH3 is 2. The van der Waals surface area contributed by atoms with Crippen molar-refractivity contribution < 1.29 is 118 Å². The monoisotopic (exact) mass is 1490 g/mol. The number of ether oxygens (including phenoxy) is 16. The topological polar surface area (TPSA) is 324 Å². The SMILES string of the molecule is C=C[C@@H]1C=C[C@H]2OC(C)(C)O[C@@H]12.CC1(C)O[C@@H]2[C@@H](C=C[C@H]2C(O)CN)O1.CC1(C)O[C@@H]2[C@@H](C=C[C@H]2C2CO2)O1.CC1(C)O[C@@H]2[C@@H](CC[C@H]2C(O)CN)O1.CC1(C)O[C@H]2[C@@H](O)C=C[C@H]2O1.COC(=O)Cl.COC(=O)O[C@H]1C=C[C@H]2OC(C)(C)O[C@@H]12.Clc1nccnc1Cl.[Br-].[CH-]=C.[Mg+2]. The van der Waals surface area contributed by atoms with E-state index in [1.165, 1.54) is 26.6 Å². The molecule has 0 radical (unpaired) electrons. The van der Waals surface area contributed by atoms with Crippen molar-refractivity contribution in [1.82, 2.24) is 9.97 Å². The van der Waals surface area contributed by atoms with Crippen LogP contribution < -0.4 is 28.4 Å². The first kappa shape index (κ1) is 85.8. The summed E-state index contributed by atoms with van der Waals surface area (Å²) in [6.45, 7) is 35.0. The molecule has 8 fully saturated rings. The minimum Gasteiger partial charge on any atom is -1.00 e. The number of nitrogens with two attached hydrogens (primary N) is 2. The summed E-state index contributed by atoms with van der Waals surface area (Å²) in [6.07, 6.45) is 24.0. The summed E-state index contributed by atoms with van der Waals surface area (Å²) in [5, 5.41) is 29.2. The Hall–Kier alpha value is -2.60. The normalized spacial score (nSPS) is 36.6. The molecule has 0 amide bonds. The molecule has 1 aromatic heterocycles. The fourth-order valence-electron chi connectivity index (χ4n) is 12.4. The average Bonchev–Trinajstić information content (AvgIpc) is 1.77. The molecule has 0 spiro atoms. The van der Waals surface area contributed by atoms with E-state index in [1.807, 2.05) is 113 Å². The molecule has 0 bridgehead atoms. The van der Waals surface area contributed by atoms with Crippen molar-refractivity contribution in [2.75, 3.05) is 33.9 Å². The fourth-order valence-corrected chi connectivity index (χ4v) is 12.6. The molecule has 7 aliphatic heterocycles. The molecule has 7 saturated heterocycles. The minimum atomic E-state index is -0.773. The number of aliphatic hydroxyl groups is 3. The molecule has 538 valence electrons. The van der Waals surface area contributed by atoms with E-state index in [-0.39, 0.29) is 142 Å². The van der Waals surface area contributed by atoms with Crippen LogP contribution in [0.2, 0.25) is 10.3 Å². The first-order valence-electron chi connectivity index (χ1n) is 31.3. The molecule has 3 unspecified atom stereocenters. The predicted molar refractivity (Wildman–Crippen MR) is 351 cm³/mol. The number of hydrogen-bond acceptors (Lipinski definition) is 25. The van der Waals surface area contributed by atoms with E-state index >= 15 is 0 Å². The van der Waals surface area contributed by atoms with Crippen LogP contribution in [0, 0.1) is 30.3 Å². The van der Waals surface area contributed by atoms with E-state index < -0.39 is 70.7 Å².